The Morgan fingerprint density at radius 3 is 2.79 bits per heavy atom. The summed E-state index contributed by atoms with van der Waals surface area (Å²) in [5.74, 6) is 0.116. The van der Waals surface area contributed by atoms with Gasteiger partial charge in [0.2, 0.25) is 5.91 Å². The molecule has 0 unspecified atom stereocenters. The second kappa shape index (κ2) is 13.6. The summed E-state index contributed by atoms with van der Waals surface area (Å²) < 4.78 is 1.87. The van der Waals surface area contributed by atoms with Crippen molar-refractivity contribution in [2.75, 3.05) is 31.6 Å². The van der Waals surface area contributed by atoms with Gasteiger partial charge in [-0.3, -0.25) is 19.3 Å². The number of nitrogens with zero attached hydrogens (tertiary/aromatic N) is 2. The van der Waals surface area contributed by atoms with Crippen LogP contribution in [-0.4, -0.2) is 75.5 Å². The molecule has 0 spiro atoms. The molecule has 0 radical (unpaired) electrons. The van der Waals surface area contributed by atoms with Crippen LogP contribution in [0.5, 0.6) is 0 Å². The fourth-order valence-corrected chi connectivity index (χ4v) is 7.33. The van der Waals surface area contributed by atoms with Crippen LogP contribution in [0.25, 0.3) is 10.2 Å². The summed E-state index contributed by atoms with van der Waals surface area (Å²) in [5.41, 5.74) is 1.88. The van der Waals surface area contributed by atoms with Gasteiger partial charge in [-0.25, -0.2) is 4.98 Å². The van der Waals surface area contributed by atoms with E-state index in [4.69, 9.17) is 11.6 Å². The van der Waals surface area contributed by atoms with E-state index in [1.165, 1.54) is 39.8 Å². The van der Waals surface area contributed by atoms with Gasteiger partial charge in [-0.15, -0.1) is 35.5 Å². The zero-order chi connectivity index (χ0) is 26.6. The molecule has 1 aromatic heterocycles. The average Bonchev–Trinajstić information content (AvgIpc) is 3.30. The fourth-order valence-electron chi connectivity index (χ4n) is 3.92. The van der Waals surface area contributed by atoms with Gasteiger partial charge in [0.05, 0.1) is 16.0 Å². The maximum atomic E-state index is 12.9. The fraction of sp³-hybridized carbons (Fsp3) is 0.440. The highest BCUT2D eigenvalue weighted by Crippen LogP contribution is 2.41. The first-order valence-corrected chi connectivity index (χ1v) is 15.1. The topological polar surface area (TPSA) is 103 Å². The molecule has 8 nitrogen and oxygen atoms in total. The van der Waals surface area contributed by atoms with Crippen LogP contribution < -0.4 is 16.0 Å². The predicted molar refractivity (Wildman–Crippen MR) is 160 cm³/mol. The quantitative estimate of drug-likeness (QED) is 0.143. The number of rotatable bonds is 12. The van der Waals surface area contributed by atoms with Crippen molar-refractivity contribution in [1.82, 2.24) is 25.8 Å². The van der Waals surface area contributed by atoms with E-state index in [-0.39, 0.29) is 46.6 Å². The Bertz CT molecular complexity index is 1220. The number of halogens is 2. The number of hydrogen-bond acceptors (Lipinski definition) is 9. The van der Waals surface area contributed by atoms with Gasteiger partial charge in [0.25, 0.3) is 11.1 Å². The highest BCUT2D eigenvalue weighted by Gasteiger charge is 2.53. The number of nitrogens with one attached hydrogen (secondary N) is 3. The molecule has 2 aromatic rings. The number of benzene rings is 1. The molecule has 4 rings (SSSR count). The standard InChI is InChI=1S/C25H30ClN5O3S3.ClH/c1-25(2,27-3)10-12-28-11-6-7-15-13-35-23-19(22(34)31(23)20(15)21(26)33)30-18(32)14-36-24-29-16-8-4-5-9-17(16)37-24;/h4-9,19,23,27-28H,10-14H2,1-3H3,(H,30,32);1H/b7-6+;/t19-,23-;/m1./s1. The van der Waals surface area contributed by atoms with Crippen molar-refractivity contribution in [2.45, 2.75) is 41.6 Å². The van der Waals surface area contributed by atoms with E-state index in [0.29, 0.717) is 17.9 Å². The van der Waals surface area contributed by atoms with Crippen molar-refractivity contribution in [3.8, 4) is 0 Å². The van der Waals surface area contributed by atoms with Crippen molar-refractivity contribution in [1.29, 1.82) is 0 Å². The van der Waals surface area contributed by atoms with E-state index in [9.17, 15) is 14.4 Å². The second-order valence-electron chi connectivity index (χ2n) is 9.33. The third-order valence-corrected chi connectivity index (χ3v) is 9.95. The molecular weight excluding hydrogens is 585 g/mol. The first-order chi connectivity index (χ1) is 17.7. The number of allylic oxidation sites excluding steroid dienone is 2. The Morgan fingerprint density at radius 2 is 2.08 bits per heavy atom. The molecule has 2 atom stereocenters. The van der Waals surface area contributed by atoms with Crippen LogP contribution in [0.3, 0.4) is 0 Å². The molecule has 3 heterocycles. The number of thioether (sulfide) groups is 2. The molecule has 2 amide bonds. The number of β-lactam (4-membered cyclic amide) rings is 1. The van der Waals surface area contributed by atoms with Gasteiger partial charge in [-0.2, -0.15) is 0 Å². The summed E-state index contributed by atoms with van der Waals surface area (Å²) in [7, 11) is 1.95. The van der Waals surface area contributed by atoms with E-state index in [0.717, 1.165) is 27.5 Å². The lowest BCUT2D eigenvalue weighted by Gasteiger charge is -2.49. The highest BCUT2D eigenvalue weighted by molar-refractivity contribution is 8.01. The third kappa shape index (κ3) is 7.32. The SMILES string of the molecule is CNC(C)(C)CCNC/C=C/C1=C(C(=O)Cl)N2C(=O)[C@@H](NC(=O)CSc3nc4ccccc4s3)[C@H]2SC1.Cl. The summed E-state index contributed by atoms with van der Waals surface area (Å²) in [6.45, 7) is 5.77. The molecule has 3 N–H and O–H groups in total. The summed E-state index contributed by atoms with van der Waals surface area (Å²) in [4.78, 5) is 43.7. The lowest BCUT2D eigenvalue weighted by molar-refractivity contribution is -0.146. The van der Waals surface area contributed by atoms with Gasteiger partial charge < -0.3 is 16.0 Å². The first kappa shape index (κ1) is 30.9. The van der Waals surface area contributed by atoms with Gasteiger partial charge in [-0.1, -0.05) is 36.0 Å². The van der Waals surface area contributed by atoms with E-state index >= 15 is 0 Å². The number of carbonyl (C=O) groups excluding carboxylic acids is 3. The van der Waals surface area contributed by atoms with Crippen LogP contribution >= 0.6 is 58.9 Å². The maximum Gasteiger partial charge on any atom is 0.269 e. The normalized spacial score (nSPS) is 19.4. The van der Waals surface area contributed by atoms with Crippen LogP contribution in [0.15, 0.2) is 52.0 Å². The minimum absolute atomic E-state index is 0. The van der Waals surface area contributed by atoms with E-state index in [1.807, 2.05) is 43.5 Å². The van der Waals surface area contributed by atoms with E-state index in [2.05, 4.69) is 34.8 Å². The Morgan fingerprint density at radius 1 is 1.32 bits per heavy atom. The van der Waals surface area contributed by atoms with Crippen LogP contribution in [0.4, 0.5) is 0 Å². The van der Waals surface area contributed by atoms with E-state index in [1.54, 1.807) is 0 Å². The monoisotopic (exact) mass is 615 g/mol. The van der Waals surface area contributed by atoms with Crippen molar-refractivity contribution < 1.29 is 14.4 Å². The van der Waals surface area contributed by atoms with Crippen molar-refractivity contribution in [3.63, 3.8) is 0 Å². The zero-order valence-electron chi connectivity index (χ0n) is 21.3. The van der Waals surface area contributed by atoms with Crippen LogP contribution in [0, 0.1) is 0 Å². The molecule has 206 valence electrons. The molecule has 1 fully saturated rings. The smallest absolute Gasteiger partial charge is 0.269 e. The summed E-state index contributed by atoms with van der Waals surface area (Å²) >= 11 is 10.3. The Hall–Kier alpha value is -1.60. The van der Waals surface area contributed by atoms with Crippen molar-refractivity contribution in [3.05, 3.63) is 47.7 Å². The first-order valence-electron chi connectivity index (χ1n) is 11.9. The molecule has 1 saturated heterocycles. The van der Waals surface area contributed by atoms with Crippen LogP contribution in [0.2, 0.25) is 0 Å². The predicted octanol–water partition coefficient (Wildman–Crippen LogP) is 3.76. The zero-order valence-corrected chi connectivity index (χ0v) is 25.3. The van der Waals surface area contributed by atoms with Crippen LogP contribution in [-0.2, 0) is 14.4 Å². The lowest BCUT2D eigenvalue weighted by Crippen LogP contribution is -2.70. The molecule has 1 aromatic carbocycles. The van der Waals surface area contributed by atoms with Gasteiger partial charge in [0, 0.05) is 17.8 Å². The molecular formula is C25H31Cl2N5O3S3. The summed E-state index contributed by atoms with van der Waals surface area (Å²) in [6, 6.07) is 7.14. The van der Waals surface area contributed by atoms with Gasteiger partial charge >= 0.3 is 0 Å². The van der Waals surface area contributed by atoms with Crippen LogP contribution in [0.1, 0.15) is 20.3 Å². The highest BCUT2D eigenvalue weighted by atomic mass is 35.5. The molecule has 2 aliphatic rings. The maximum absolute atomic E-state index is 12.9. The lowest BCUT2D eigenvalue weighted by atomic mass is 10.0. The number of aromatic nitrogens is 1. The number of fused-ring (bicyclic) bond motifs is 2. The van der Waals surface area contributed by atoms with E-state index < -0.39 is 11.3 Å². The molecule has 38 heavy (non-hydrogen) atoms. The Balaban J connectivity index is 0.00000400. The van der Waals surface area contributed by atoms with Gasteiger partial charge in [-0.05, 0) is 63.2 Å². The number of carbonyl (C=O) groups is 3. The third-order valence-electron chi connectivity index (χ3n) is 6.29. The van der Waals surface area contributed by atoms with Gasteiger partial charge in [0.1, 0.15) is 17.1 Å². The minimum Gasteiger partial charge on any atom is -0.341 e. The average molecular weight is 617 g/mol. The Labute approximate surface area is 246 Å². The van der Waals surface area contributed by atoms with Crippen molar-refractivity contribution >= 4 is 86.1 Å². The largest absolute Gasteiger partial charge is 0.341 e. The molecule has 13 heteroatoms. The number of para-hydroxylation sites is 1. The molecule has 0 aliphatic carbocycles. The summed E-state index contributed by atoms with van der Waals surface area (Å²) in [6.07, 6.45) is 4.76. The molecule has 2 aliphatic heterocycles. The molecule has 0 bridgehead atoms. The number of thiazole rings is 1. The number of amides is 2. The Kier molecular flexibility index (Phi) is 11.1. The van der Waals surface area contributed by atoms with Gasteiger partial charge in [0.15, 0.2) is 4.34 Å². The molecule has 0 saturated carbocycles. The summed E-state index contributed by atoms with van der Waals surface area (Å²) in [5, 5.41) is 8.43. The number of hydrogen-bond donors (Lipinski definition) is 3. The van der Waals surface area contributed by atoms with Crippen molar-refractivity contribution in [2.24, 2.45) is 0 Å². The second-order valence-corrected chi connectivity index (χ2v) is 13.0. The minimum atomic E-state index is -0.679.